The van der Waals surface area contributed by atoms with E-state index in [0.29, 0.717) is 10.0 Å². The monoisotopic (exact) mass is 334 g/mol. The summed E-state index contributed by atoms with van der Waals surface area (Å²) in [6, 6.07) is 9.49. The molecule has 1 aromatic heterocycles. The Morgan fingerprint density at radius 1 is 1.35 bits per heavy atom. The number of likely N-dealkylation sites (N-methyl/N-ethyl adjacent to an activating group) is 1. The number of benzene rings is 1. The van der Waals surface area contributed by atoms with E-state index >= 15 is 0 Å². The second kappa shape index (κ2) is 5.62. The molecular formula is C16H16BrFN2. The summed E-state index contributed by atoms with van der Waals surface area (Å²) in [7, 11) is 1.88. The molecule has 1 aromatic carbocycles. The van der Waals surface area contributed by atoms with Crippen LogP contribution in [-0.4, -0.2) is 12.0 Å². The first-order valence-electron chi connectivity index (χ1n) is 6.77. The normalized spacial score (nSPS) is 18.9. The summed E-state index contributed by atoms with van der Waals surface area (Å²) in [5, 5.41) is 3.27. The van der Waals surface area contributed by atoms with Gasteiger partial charge in [-0.05, 0) is 53.5 Å². The lowest BCUT2D eigenvalue weighted by Gasteiger charge is -2.24. The van der Waals surface area contributed by atoms with E-state index in [4.69, 9.17) is 0 Å². The van der Waals surface area contributed by atoms with Crippen LogP contribution in [0.3, 0.4) is 0 Å². The van der Waals surface area contributed by atoms with Gasteiger partial charge in [0.05, 0.1) is 4.47 Å². The smallest absolute Gasteiger partial charge is 0.142 e. The summed E-state index contributed by atoms with van der Waals surface area (Å²) in [6.07, 6.45) is 3.84. The Hall–Kier alpha value is -1.26. The molecule has 0 bridgehead atoms. The van der Waals surface area contributed by atoms with Gasteiger partial charge in [-0.25, -0.2) is 4.39 Å². The first-order chi connectivity index (χ1) is 9.72. The molecule has 0 amide bonds. The molecule has 0 saturated carbocycles. The zero-order valence-corrected chi connectivity index (χ0v) is 12.8. The van der Waals surface area contributed by atoms with Crippen molar-refractivity contribution in [3.63, 3.8) is 0 Å². The van der Waals surface area contributed by atoms with Crippen LogP contribution in [0.15, 0.2) is 41.0 Å². The third-order valence-corrected chi connectivity index (χ3v) is 4.64. The fraction of sp³-hybridized carbons (Fsp3) is 0.312. The third kappa shape index (κ3) is 2.27. The number of hydrogen-bond acceptors (Lipinski definition) is 2. The maximum absolute atomic E-state index is 14.4. The molecule has 2 nitrogen and oxygen atoms in total. The summed E-state index contributed by atoms with van der Waals surface area (Å²) in [6.45, 7) is 0. The lowest BCUT2D eigenvalue weighted by Crippen LogP contribution is -2.24. The first-order valence-corrected chi connectivity index (χ1v) is 7.56. The second-order valence-corrected chi connectivity index (χ2v) is 5.96. The minimum atomic E-state index is -0.184. The zero-order valence-electron chi connectivity index (χ0n) is 11.2. The van der Waals surface area contributed by atoms with E-state index in [9.17, 15) is 4.39 Å². The van der Waals surface area contributed by atoms with Gasteiger partial charge in [0.1, 0.15) is 5.82 Å². The van der Waals surface area contributed by atoms with Crippen LogP contribution < -0.4 is 5.32 Å². The number of fused-ring (bicyclic) bond motifs is 1. The van der Waals surface area contributed by atoms with E-state index in [2.05, 4.69) is 32.3 Å². The number of aromatic nitrogens is 1. The number of nitrogens with zero attached hydrogens (tertiary/aromatic N) is 1. The van der Waals surface area contributed by atoms with Gasteiger partial charge >= 0.3 is 0 Å². The zero-order chi connectivity index (χ0) is 14.1. The number of rotatable bonds is 3. The Kier molecular flexibility index (Phi) is 3.85. The van der Waals surface area contributed by atoms with Gasteiger partial charge in [-0.3, -0.25) is 4.98 Å². The average Bonchev–Trinajstić information content (AvgIpc) is 2.88. The van der Waals surface area contributed by atoms with Crippen molar-refractivity contribution in [3.8, 4) is 0 Å². The molecule has 104 valence electrons. The fourth-order valence-electron chi connectivity index (χ4n) is 3.10. The van der Waals surface area contributed by atoms with Crippen molar-refractivity contribution < 1.29 is 4.39 Å². The molecule has 0 fully saturated rings. The number of halogens is 2. The maximum atomic E-state index is 14.4. The topological polar surface area (TPSA) is 24.9 Å². The van der Waals surface area contributed by atoms with Crippen LogP contribution in [-0.2, 0) is 6.42 Å². The van der Waals surface area contributed by atoms with Gasteiger partial charge in [-0.15, -0.1) is 0 Å². The number of pyridine rings is 1. The number of hydrogen-bond donors (Lipinski definition) is 1. The molecule has 0 radical (unpaired) electrons. The van der Waals surface area contributed by atoms with Crippen molar-refractivity contribution in [2.45, 2.75) is 24.8 Å². The Labute approximate surface area is 126 Å². The van der Waals surface area contributed by atoms with Gasteiger partial charge in [-0.1, -0.05) is 18.2 Å². The highest BCUT2D eigenvalue weighted by atomic mass is 79.9. The van der Waals surface area contributed by atoms with E-state index in [-0.39, 0.29) is 17.8 Å². The molecule has 0 spiro atoms. The Morgan fingerprint density at radius 2 is 2.20 bits per heavy atom. The van der Waals surface area contributed by atoms with Crippen molar-refractivity contribution in [2.24, 2.45) is 0 Å². The molecule has 0 aliphatic heterocycles. The Balaban J connectivity index is 2.02. The molecular weight excluding hydrogens is 319 g/mol. The predicted octanol–water partition coefficient (Wildman–Crippen LogP) is 3.97. The summed E-state index contributed by atoms with van der Waals surface area (Å²) >= 11 is 3.27. The average molecular weight is 335 g/mol. The van der Waals surface area contributed by atoms with Crippen LogP contribution >= 0.6 is 15.9 Å². The molecule has 1 N–H and O–H groups in total. The van der Waals surface area contributed by atoms with Crippen LogP contribution in [0.1, 0.15) is 35.2 Å². The largest absolute Gasteiger partial charge is 0.312 e. The SMILES string of the molecule is CNC(c1cccc(Br)c1F)C1CCc2cccnc21. The minimum Gasteiger partial charge on any atom is -0.312 e. The predicted molar refractivity (Wildman–Crippen MR) is 81.2 cm³/mol. The van der Waals surface area contributed by atoms with E-state index < -0.39 is 0 Å². The summed E-state index contributed by atoms with van der Waals surface area (Å²) in [5.74, 6) is 0.0382. The fourth-order valence-corrected chi connectivity index (χ4v) is 3.48. The minimum absolute atomic E-state index is 0.0522. The molecule has 2 atom stereocenters. The van der Waals surface area contributed by atoms with Crippen molar-refractivity contribution >= 4 is 15.9 Å². The molecule has 4 heteroatoms. The molecule has 2 unspecified atom stereocenters. The highest BCUT2D eigenvalue weighted by Crippen LogP contribution is 2.41. The highest BCUT2D eigenvalue weighted by Gasteiger charge is 2.32. The quantitative estimate of drug-likeness (QED) is 0.918. The standard InChI is InChI=1S/C16H16BrFN2/c1-19-16(11-5-2-6-13(17)14(11)18)12-8-7-10-4-3-9-20-15(10)12/h2-6,9,12,16,19H,7-8H2,1H3. The Morgan fingerprint density at radius 3 is 3.00 bits per heavy atom. The van der Waals surface area contributed by atoms with E-state index in [1.54, 1.807) is 6.07 Å². The van der Waals surface area contributed by atoms with Gasteiger partial charge in [0, 0.05) is 29.4 Å². The summed E-state index contributed by atoms with van der Waals surface area (Å²) in [4.78, 5) is 4.51. The first kappa shape index (κ1) is 13.7. The molecule has 20 heavy (non-hydrogen) atoms. The van der Waals surface area contributed by atoms with Gasteiger partial charge < -0.3 is 5.32 Å². The third-order valence-electron chi connectivity index (χ3n) is 4.03. The van der Waals surface area contributed by atoms with Crippen LogP contribution in [0.2, 0.25) is 0 Å². The lowest BCUT2D eigenvalue weighted by atomic mass is 9.90. The molecule has 0 saturated heterocycles. The van der Waals surface area contributed by atoms with Crippen LogP contribution in [0.5, 0.6) is 0 Å². The summed E-state index contributed by atoms with van der Waals surface area (Å²) < 4.78 is 14.9. The molecule has 1 aliphatic rings. The molecule has 2 aromatic rings. The van der Waals surface area contributed by atoms with Crippen molar-refractivity contribution in [2.75, 3.05) is 7.05 Å². The second-order valence-electron chi connectivity index (χ2n) is 5.10. The van der Waals surface area contributed by atoms with Crippen LogP contribution in [0.4, 0.5) is 4.39 Å². The van der Waals surface area contributed by atoms with Crippen LogP contribution in [0.25, 0.3) is 0 Å². The lowest BCUT2D eigenvalue weighted by molar-refractivity contribution is 0.447. The van der Waals surface area contributed by atoms with Gasteiger partial charge in [0.2, 0.25) is 0 Å². The molecule has 3 rings (SSSR count). The van der Waals surface area contributed by atoms with Crippen molar-refractivity contribution in [3.05, 3.63) is 63.6 Å². The van der Waals surface area contributed by atoms with Crippen molar-refractivity contribution in [1.29, 1.82) is 0 Å². The highest BCUT2D eigenvalue weighted by molar-refractivity contribution is 9.10. The van der Waals surface area contributed by atoms with Crippen LogP contribution in [0, 0.1) is 5.82 Å². The number of aryl methyl sites for hydroxylation is 1. The van der Waals surface area contributed by atoms with Gasteiger partial charge in [-0.2, -0.15) is 0 Å². The van der Waals surface area contributed by atoms with E-state index in [1.165, 1.54) is 5.56 Å². The van der Waals surface area contributed by atoms with Gasteiger partial charge in [0.25, 0.3) is 0 Å². The summed E-state index contributed by atoms with van der Waals surface area (Å²) in [5.41, 5.74) is 3.09. The Bertz CT molecular complexity index is 630. The molecule has 1 heterocycles. The van der Waals surface area contributed by atoms with Crippen molar-refractivity contribution in [1.82, 2.24) is 10.3 Å². The number of nitrogens with one attached hydrogen (secondary N) is 1. The molecule has 1 aliphatic carbocycles. The van der Waals surface area contributed by atoms with E-state index in [0.717, 1.165) is 18.5 Å². The van der Waals surface area contributed by atoms with E-state index in [1.807, 2.05) is 31.4 Å². The maximum Gasteiger partial charge on any atom is 0.142 e. The van der Waals surface area contributed by atoms with Gasteiger partial charge in [0.15, 0.2) is 0 Å².